The van der Waals surface area contributed by atoms with Gasteiger partial charge in [0.15, 0.2) is 5.82 Å². The van der Waals surface area contributed by atoms with Gasteiger partial charge in [0.2, 0.25) is 5.91 Å². The Hall–Kier alpha value is -4.78. The van der Waals surface area contributed by atoms with Gasteiger partial charge in [0.05, 0.1) is 10.9 Å². The van der Waals surface area contributed by atoms with E-state index in [2.05, 4.69) is 20.0 Å². The van der Waals surface area contributed by atoms with Crippen LogP contribution in [0.2, 0.25) is 0 Å². The van der Waals surface area contributed by atoms with Gasteiger partial charge in [-0.3, -0.25) is 14.7 Å². The van der Waals surface area contributed by atoms with Crippen LogP contribution >= 0.6 is 0 Å². The molecular weight excluding hydrogens is 635 g/mol. The maximum absolute atomic E-state index is 16.9. The standard InChI is InChI=1S/C36H36F3N7O3/c1-2-25-28(38)6-5-22-15-24(47)16-26(29(22)25)31-30(39)32-27(18-40-31)33(44-13-7-21(8-14-44)34(48)46-12-4-10-41-46)43-35(42-32)49-20-36-9-3-11-45(36)19-23(37)17-36/h4-6,10,12,15-16,18,21,23,47H,2-3,7-9,11,13-14,17,19-20H2,1H3/t23-,36+/m1/s1. The van der Waals surface area contributed by atoms with Crippen LogP contribution in [0.3, 0.4) is 0 Å². The lowest BCUT2D eigenvalue weighted by Gasteiger charge is -2.33. The van der Waals surface area contributed by atoms with Crippen LogP contribution in [0.4, 0.5) is 19.0 Å². The van der Waals surface area contributed by atoms with Gasteiger partial charge in [0.25, 0.3) is 0 Å². The second-order valence-corrected chi connectivity index (χ2v) is 13.4. The molecule has 0 unspecified atom stereocenters. The number of aromatic hydroxyl groups is 1. The van der Waals surface area contributed by atoms with Crippen LogP contribution in [0.1, 0.15) is 49.4 Å². The second-order valence-electron chi connectivity index (χ2n) is 13.4. The van der Waals surface area contributed by atoms with E-state index >= 15 is 4.39 Å². The van der Waals surface area contributed by atoms with E-state index in [1.807, 2.05) is 11.8 Å². The van der Waals surface area contributed by atoms with Crippen molar-refractivity contribution in [3.05, 3.63) is 66.1 Å². The van der Waals surface area contributed by atoms with Crippen molar-refractivity contribution in [1.29, 1.82) is 0 Å². The number of benzene rings is 2. The Kier molecular flexibility index (Phi) is 7.89. The Morgan fingerprint density at radius 3 is 2.76 bits per heavy atom. The van der Waals surface area contributed by atoms with E-state index in [1.54, 1.807) is 24.5 Å². The first-order valence-corrected chi connectivity index (χ1v) is 16.9. The van der Waals surface area contributed by atoms with Gasteiger partial charge < -0.3 is 14.7 Å². The third-order valence-electron chi connectivity index (χ3n) is 10.5. The number of piperidine rings is 1. The lowest BCUT2D eigenvalue weighted by molar-refractivity contribution is 0.0796. The summed E-state index contributed by atoms with van der Waals surface area (Å²) in [6, 6.07) is 7.46. The molecule has 3 aliphatic heterocycles. The SMILES string of the molecule is CCc1c(F)ccc2cc(O)cc(-c3ncc4c(N5CCC(C(=O)n6cccn6)CC5)nc(OC[C@@]56CCCN5C[C@H](F)C6)nc4c3F)c12. The molecule has 0 spiro atoms. The minimum Gasteiger partial charge on any atom is -0.508 e. The molecule has 0 amide bonds. The lowest BCUT2D eigenvalue weighted by Crippen LogP contribution is -2.43. The van der Waals surface area contributed by atoms with Crippen molar-refractivity contribution in [2.45, 2.75) is 57.2 Å². The van der Waals surface area contributed by atoms with Crippen LogP contribution in [0.15, 0.2) is 48.9 Å². The summed E-state index contributed by atoms with van der Waals surface area (Å²) < 4.78 is 54.0. The predicted octanol–water partition coefficient (Wildman–Crippen LogP) is 6.10. The number of carbonyl (C=O) groups excluding carboxylic acids is 1. The second kappa shape index (κ2) is 12.3. The molecule has 3 saturated heterocycles. The number of rotatable bonds is 7. The molecule has 1 N–H and O–H groups in total. The van der Waals surface area contributed by atoms with E-state index in [0.29, 0.717) is 72.9 Å². The smallest absolute Gasteiger partial charge is 0.319 e. The van der Waals surface area contributed by atoms with E-state index in [1.165, 1.54) is 29.1 Å². The van der Waals surface area contributed by atoms with E-state index in [4.69, 9.17) is 9.72 Å². The molecule has 10 nitrogen and oxygen atoms in total. The zero-order chi connectivity index (χ0) is 33.9. The molecular formula is C36H36F3N7O3. The van der Waals surface area contributed by atoms with Crippen LogP contribution < -0.4 is 9.64 Å². The van der Waals surface area contributed by atoms with E-state index in [0.717, 1.165) is 19.4 Å². The minimum absolute atomic E-state index is 0.0405. The molecule has 3 aromatic heterocycles. The number of fused-ring (bicyclic) bond motifs is 3. The number of carbonyl (C=O) groups is 1. The van der Waals surface area contributed by atoms with E-state index in [9.17, 15) is 18.7 Å². The number of phenolic OH excluding ortho intramolecular Hbond substituents is 1. The average molecular weight is 672 g/mol. The lowest BCUT2D eigenvalue weighted by atomic mass is 9.94. The summed E-state index contributed by atoms with van der Waals surface area (Å²) in [5.41, 5.74) is 0.0286. The van der Waals surface area contributed by atoms with Gasteiger partial charge in [-0.25, -0.2) is 17.9 Å². The number of alkyl halides is 1. The quantitative estimate of drug-likeness (QED) is 0.220. The summed E-state index contributed by atoms with van der Waals surface area (Å²) in [5.74, 6) is -1.21. The summed E-state index contributed by atoms with van der Waals surface area (Å²) in [4.78, 5) is 31.0. The fourth-order valence-electron chi connectivity index (χ4n) is 8.12. The summed E-state index contributed by atoms with van der Waals surface area (Å²) >= 11 is 0. The summed E-state index contributed by atoms with van der Waals surface area (Å²) in [7, 11) is 0. The Labute approximate surface area is 280 Å². The monoisotopic (exact) mass is 671 g/mol. The number of phenols is 1. The number of aromatic nitrogens is 5. The van der Waals surface area contributed by atoms with Crippen LogP contribution in [0.25, 0.3) is 32.9 Å². The molecule has 0 aliphatic carbocycles. The van der Waals surface area contributed by atoms with Crippen molar-refractivity contribution >= 4 is 33.4 Å². The van der Waals surface area contributed by atoms with Gasteiger partial charge >= 0.3 is 6.01 Å². The van der Waals surface area contributed by atoms with Crippen molar-refractivity contribution in [1.82, 2.24) is 29.6 Å². The van der Waals surface area contributed by atoms with E-state index < -0.39 is 23.3 Å². The van der Waals surface area contributed by atoms with Crippen LogP contribution in [0, 0.1) is 17.6 Å². The third-order valence-corrected chi connectivity index (χ3v) is 10.5. The van der Waals surface area contributed by atoms with Crippen LogP contribution in [-0.2, 0) is 6.42 Å². The minimum atomic E-state index is -0.941. The molecule has 5 aromatic rings. The van der Waals surface area contributed by atoms with Crippen molar-refractivity contribution in [2.75, 3.05) is 37.7 Å². The first-order valence-electron chi connectivity index (χ1n) is 16.9. The molecule has 0 radical (unpaired) electrons. The van der Waals surface area contributed by atoms with Crippen molar-refractivity contribution in [2.24, 2.45) is 5.92 Å². The third kappa shape index (κ3) is 5.44. The molecule has 2 aromatic carbocycles. The summed E-state index contributed by atoms with van der Waals surface area (Å²) in [5, 5.41) is 16.0. The maximum atomic E-state index is 16.9. The van der Waals surface area contributed by atoms with Crippen LogP contribution in [0.5, 0.6) is 11.8 Å². The molecule has 2 atom stereocenters. The number of halogens is 3. The molecule has 0 bridgehead atoms. The molecule has 0 saturated carbocycles. The molecule has 13 heteroatoms. The highest BCUT2D eigenvalue weighted by Crippen LogP contribution is 2.42. The van der Waals surface area contributed by atoms with Crippen molar-refractivity contribution < 1.29 is 27.8 Å². The van der Waals surface area contributed by atoms with Crippen LogP contribution in [-0.4, -0.2) is 85.1 Å². The first-order chi connectivity index (χ1) is 23.7. The molecule has 49 heavy (non-hydrogen) atoms. The Bertz CT molecular complexity index is 2070. The average Bonchev–Trinajstić information content (AvgIpc) is 3.84. The van der Waals surface area contributed by atoms with Gasteiger partial charge in [-0.2, -0.15) is 15.1 Å². The Morgan fingerprint density at radius 2 is 1.98 bits per heavy atom. The summed E-state index contributed by atoms with van der Waals surface area (Å²) in [6.07, 6.45) is 7.25. The van der Waals surface area contributed by atoms with Gasteiger partial charge in [0.1, 0.15) is 41.4 Å². The van der Waals surface area contributed by atoms with Crippen molar-refractivity contribution in [3.63, 3.8) is 0 Å². The van der Waals surface area contributed by atoms with Gasteiger partial charge in [-0.15, -0.1) is 0 Å². The normalized spacial score (nSPS) is 21.6. The van der Waals surface area contributed by atoms with E-state index in [-0.39, 0.29) is 47.0 Å². The number of anilines is 1. The molecule has 6 heterocycles. The van der Waals surface area contributed by atoms with Gasteiger partial charge in [0, 0.05) is 56.1 Å². The fourth-order valence-corrected chi connectivity index (χ4v) is 8.12. The predicted molar refractivity (Wildman–Crippen MR) is 178 cm³/mol. The number of hydrogen-bond donors (Lipinski definition) is 1. The highest BCUT2D eigenvalue weighted by molar-refractivity contribution is 6.01. The number of pyridine rings is 1. The summed E-state index contributed by atoms with van der Waals surface area (Å²) in [6.45, 7) is 4.06. The van der Waals surface area contributed by atoms with Gasteiger partial charge in [-0.05, 0) is 79.3 Å². The molecule has 3 aliphatic rings. The molecule has 254 valence electrons. The highest BCUT2D eigenvalue weighted by atomic mass is 19.1. The zero-order valence-corrected chi connectivity index (χ0v) is 27.1. The zero-order valence-electron chi connectivity index (χ0n) is 27.1. The van der Waals surface area contributed by atoms with Crippen molar-refractivity contribution in [3.8, 4) is 23.0 Å². The Balaban J connectivity index is 1.21. The topological polar surface area (TPSA) is 110 Å². The maximum Gasteiger partial charge on any atom is 0.319 e. The number of aryl methyl sites for hydroxylation is 1. The Morgan fingerprint density at radius 1 is 1.14 bits per heavy atom. The van der Waals surface area contributed by atoms with Gasteiger partial charge in [-0.1, -0.05) is 13.0 Å². The number of hydrogen-bond acceptors (Lipinski definition) is 9. The number of nitrogens with zero attached hydrogens (tertiary/aromatic N) is 7. The molecule has 3 fully saturated rings. The molecule has 8 rings (SSSR count). The first kappa shape index (κ1) is 31.5. The number of ether oxygens (including phenoxy) is 1. The largest absolute Gasteiger partial charge is 0.508 e. The fraction of sp³-hybridized carbons (Fsp3) is 0.417. The highest BCUT2D eigenvalue weighted by Gasteiger charge is 2.49.